The molecule has 0 radical (unpaired) electrons. The monoisotopic (exact) mass is 467 g/mol. The van der Waals surface area contributed by atoms with Crippen LogP contribution < -0.4 is 0 Å². The molecule has 0 atom stereocenters. The topological polar surface area (TPSA) is 65.4 Å². The molecule has 0 aliphatic carbocycles. The van der Waals surface area contributed by atoms with Gasteiger partial charge in [0.05, 0.1) is 14.0 Å². The minimum atomic E-state index is -3.90. The number of nitrogens with zero attached hydrogens (tertiary/aromatic N) is 1. The van der Waals surface area contributed by atoms with E-state index in [0.29, 0.717) is 9.09 Å². The van der Waals surface area contributed by atoms with Gasteiger partial charge in [-0.25, -0.2) is 12.4 Å². The van der Waals surface area contributed by atoms with E-state index in [4.69, 9.17) is 4.74 Å². The Bertz CT molecular complexity index is 1080. The fourth-order valence-electron chi connectivity index (χ4n) is 2.58. The van der Waals surface area contributed by atoms with Crippen LogP contribution in [0, 0.1) is 3.57 Å². The second-order valence-electron chi connectivity index (χ2n) is 5.28. The van der Waals surface area contributed by atoms with Crippen LogP contribution in [0.4, 0.5) is 0 Å². The van der Waals surface area contributed by atoms with Gasteiger partial charge < -0.3 is 4.74 Å². The Hall–Kier alpha value is -2.13. The second-order valence-corrected chi connectivity index (χ2v) is 8.14. The maximum absolute atomic E-state index is 13.3. The van der Waals surface area contributed by atoms with E-state index in [2.05, 4.69) is 6.58 Å². The third-order valence-corrected chi connectivity index (χ3v) is 6.40. The van der Waals surface area contributed by atoms with Gasteiger partial charge in [0, 0.05) is 12.3 Å². The number of fused-ring (bicyclic) bond motifs is 1. The average molecular weight is 467 g/mol. The van der Waals surface area contributed by atoms with Crippen LogP contribution in [0.2, 0.25) is 0 Å². The minimum absolute atomic E-state index is 0.00685. The lowest BCUT2D eigenvalue weighted by molar-refractivity contribution is -0.134. The summed E-state index contributed by atoms with van der Waals surface area (Å²) in [5.41, 5.74) is 0.750. The second kappa shape index (κ2) is 6.64. The van der Waals surface area contributed by atoms with Gasteiger partial charge in [-0.3, -0.25) is 4.79 Å². The maximum atomic E-state index is 13.3. The highest BCUT2D eigenvalue weighted by atomic mass is 127. The molecule has 3 aromatic rings. The summed E-state index contributed by atoms with van der Waals surface area (Å²) in [6, 6.07) is 15.2. The van der Waals surface area contributed by atoms with E-state index < -0.39 is 16.0 Å². The van der Waals surface area contributed by atoms with Crippen molar-refractivity contribution in [2.45, 2.75) is 11.8 Å². The Morgan fingerprint density at radius 1 is 1.08 bits per heavy atom. The number of rotatable bonds is 4. The standard InChI is InChI=1S/C18H14INO4S/c1-12(24-13(2)21)18-17(19)15-10-6-7-11-16(15)20(18)25(22,23)14-8-4-3-5-9-14/h3-11H,1H2,2H3. The lowest BCUT2D eigenvalue weighted by Crippen LogP contribution is -2.16. The molecule has 25 heavy (non-hydrogen) atoms. The molecular weight excluding hydrogens is 453 g/mol. The summed E-state index contributed by atoms with van der Waals surface area (Å²) < 4.78 is 33.4. The molecule has 0 saturated carbocycles. The highest BCUT2D eigenvalue weighted by molar-refractivity contribution is 14.1. The van der Waals surface area contributed by atoms with Crippen molar-refractivity contribution in [3.05, 3.63) is 70.4 Å². The zero-order chi connectivity index (χ0) is 18.2. The zero-order valence-electron chi connectivity index (χ0n) is 13.3. The number of ether oxygens (including phenoxy) is 1. The molecule has 0 bridgehead atoms. The Labute approximate surface area is 159 Å². The lowest BCUT2D eigenvalue weighted by atomic mass is 10.2. The van der Waals surface area contributed by atoms with Gasteiger partial charge >= 0.3 is 5.97 Å². The molecule has 0 fully saturated rings. The third kappa shape index (κ3) is 3.09. The van der Waals surface area contributed by atoms with Gasteiger partial charge in [-0.15, -0.1) is 0 Å². The molecule has 1 aromatic heterocycles. The van der Waals surface area contributed by atoms with Crippen molar-refractivity contribution in [3.63, 3.8) is 0 Å². The number of carbonyl (C=O) groups excluding carboxylic acids is 1. The molecule has 0 aliphatic heterocycles. The summed E-state index contributed by atoms with van der Waals surface area (Å²) in [6.07, 6.45) is 0. The quantitative estimate of drug-likeness (QED) is 0.331. The van der Waals surface area contributed by atoms with Crippen molar-refractivity contribution in [3.8, 4) is 0 Å². The Kier molecular flexibility index (Phi) is 4.70. The number of para-hydroxylation sites is 1. The summed E-state index contributed by atoms with van der Waals surface area (Å²) in [7, 11) is -3.90. The van der Waals surface area contributed by atoms with Crippen LogP contribution in [0.3, 0.4) is 0 Å². The summed E-state index contributed by atoms with van der Waals surface area (Å²) in [5.74, 6) is -0.567. The highest BCUT2D eigenvalue weighted by Gasteiger charge is 2.28. The first-order valence-corrected chi connectivity index (χ1v) is 9.83. The van der Waals surface area contributed by atoms with Gasteiger partial charge in [0.1, 0.15) is 11.5 Å². The molecule has 0 aliphatic rings. The summed E-state index contributed by atoms with van der Waals surface area (Å²) in [4.78, 5) is 11.5. The molecule has 2 aromatic carbocycles. The van der Waals surface area contributed by atoms with Gasteiger partial charge in [-0.05, 0) is 40.8 Å². The van der Waals surface area contributed by atoms with Crippen molar-refractivity contribution in [1.29, 1.82) is 0 Å². The van der Waals surface area contributed by atoms with Crippen molar-refractivity contribution >= 4 is 55.2 Å². The smallest absolute Gasteiger partial charge is 0.308 e. The van der Waals surface area contributed by atoms with Crippen LogP contribution >= 0.6 is 22.6 Å². The summed E-state index contributed by atoms with van der Waals surface area (Å²) in [6.45, 7) is 5.00. The van der Waals surface area contributed by atoms with E-state index >= 15 is 0 Å². The number of aromatic nitrogens is 1. The van der Waals surface area contributed by atoms with Crippen LogP contribution in [0.25, 0.3) is 16.7 Å². The molecule has 0 amide bonds. The fraction of sp³-hybridized carbons (Fsp3) is 0.0556. The average Bonchev–Trinajstić information content (AvgIpc) is 2.89. The van der Waals surface area contributed by atoms with Gasteiger partial charge in [-0.2, -0.15) is 0 Å². The number of carbonyl (C=O) groups is 1. The van der Waals surface area contributed by atoms with Crippen molar-refractivity contribution in [1.82, 2.24) is 3.97 Å². The SMILES string of the molecule is C=C(OC(C)=O)c1c(I)c2ccccc2n1S(=O)(=O)c1ccccc1. The number of halogens is 1. The van der Waals surface area contributed by atoms with Crippen LogP contribution in [0.5, 0.6) is 0 Å². The molecule has 0 N–H and O–H groups in total. The number of hydrogen-bond donors (Lipinski definition) is 0. The van der Waals surface area contributed by atoms with E-state index in [1.165, 1.54) is 23.0 Å². The fourth-order valence-corrected chi connectivity index (χ4v) is 5.30. The molecule has 0 spiro atoms. The van der Waals surface area contributed by atoms with E-state index in [9.17, 15) is 13.2 Å². The summed E-state index contributed by atoms with van der Waals surface area (Å²) in [5, 5.41) is 0.742. The van der Waals surface area contributed by atoms with Crippen molar-refractivity contribution in [2.24, 2.45) is 0 Å². The number of benzene rings is 2. The van der Waals surface area contributed by atoms with E-state index in [1.54, 1.807) is 30.3 Å². The Morgan fingerprint density at radius 2 is 1.68 bits per heavy atom. The zero-order valence-corrected chi connectivity index (χ0v) is 16.2. The van der Waals surface area contributed by atoms with Crippen LogP contribution in [-0.4, -0.2) is 18.4 Å². The largest absolute Gasteiger partial charge is 0.425 e. The van der Waals surface area contributed by atoms with Crippen LogP contribution in [0.15, 0.2) is 66.1 Å². The summed E-state index contributed by atoms with van der Waals surface area (Å²) >= 11 is 2.04. The molecule has 0 saturated heterocycles. The van der Waals surface area contributed by atoms with Crippen molar-refractivity contribution < 1.29 is 17.9 Å². The molecular formula is C18H14INO4S. The molecule has 5 nitrogen and oxygen atoms in total. The van der Waals surface area contributed by atoms with Crippen LogP contribution in [0.1, 0.15) is 12.6 Å². The predicted molar refractivity (Wildman–Crippen MR) is 104 cm³/mol. The molecule has 128 valence electrons. The normalized spacial score (nSPS) is 11.4. The Morgan fingerprint density at radius 3 is 2.32 bits per heavy atom. The van der Waals surface area contributed by atoms with E-state index in [1.807, 2.05) is 34.7 Å². The first-order chi connectivity index (χ1) is 11.8. The molecule has 7 heteroatoms. The van der Waals surface area contributed by atoms with Gasteiger partial charge in [-0.1, -0.05) is 43.0 Å². The van der Waals surface area contributed by atoms with Gasteiger partial charge in [0.25, 0.3) is 10.0 Å². The van der Waals surface area contributed by atoms with E-state index in [0.717, 1.165) is 5.39 Å². The maximum Gasteiger partial charge on any atom is 0.308 e. The molecule has 1 heterocycles. The Balaban J connectivity index is 2.37. The molecule has 0 unspecified atom stereocenters. The van der Waals surface area contributed by atoms with Crippen LogP contribution in [-0.2, 0) is 19.6 Å². The predicted octanol–water partition coefficient (Wildman–Crippen LogP) is 4.02. The first-order valence-electron chi connectivity index (χ1n) is 7.31. The molecule has 3 rings (SSSR count). The lowest BCUT2D eigenvalue weighted by Gasteiger charge is -2.13. The first kappa shape index (κ1) is 17.7. The number of esters is 1. The van der Waals surface area contributed by atoms with Gasteiger partial charge in [0.15, 0.2) is 0 Å². The number of hydrogen-bond acceptors (Lipinski definition) is 4. The highest BCUT2D eigenvalue weighted by Crippen LogP contribution is 2.35. The van der Waals surface area contributed by atoms with E-state index in [-0.39, 0.29) is 16.3 Å². The van der Waals surface area contributed by atoms with Crippen molar-refractivity contribution in [2.75, 3.05) is 0 Å². The third-order valence-electron chi connectivity index (χ3n) is 3.58. The van der Waals surface area contributed by atoms with Gasteiger partial charge in [0.2, 0.25) is 0 Å². The minimum Gasteiger partial charge on any atom is -0.425 e.